The van der Waals surface area contributed by atoms with Gasteiger partial charge in [-0.05, 0) is 44.4 Å². The minimum atomic E-state index is 0.328. The number of amides is 1. The van der Waals surface area contributed by atoms with Crippen molar-refractivity contribution < 1.29 is 4.79 Å². The van der Waals surface area contributed by atoms with Crippen LogP contribution in [0, 0.1) is 11.8 Å². The molecule has 1 amide bonds. The molecule has 0 aromatic rings. The zero-order chi connectivity index (χ0) is 11.5. The highest BCUT2D eigenvalue weighted by Crippen LogP contribution is 2.30. The molecule has 16 heavy (non-hydrogen) atoms. The number of hydrogen-bond acceptors (Lipinski definition) is 1. The molecule has 3 heteroatoms. The highest BCUT2D eigenvalue weighted by molar-refractivity contribution is 9.09. The molecular formula is C13H22BrNO. The molecule has 1 unspecified atom stereocenters. The van der Waals surface area contributed by atoms with Gasteiger partial charge >= 0.3 is 0 Å². The van der Waals surface area contributed by atoms with Crippen molar-refractivity contribution in [2.75, 3.05) is 13.1 Å². The number of carbonyl (C=O) groups excluding carboxylic acids is 1. The van der Waals surface area contributed by atoms with E-state index in [2.05, 4.69) is 27.8 Å². The Morgan fingerprint density at radius 1 is 1.19 bits per heavy atom. The molecule has 0 spiro atoms. The van der Waals surface area contributed by atoms with Crippen LogP contribution in [-0.2, 0) is 4.79 Å². The van der Waals surface area contributed by atoms with E-state index in [0.717, 1.165) is 38.3 Å². The lowest BCUT2D eigenvalue weighted by Crippen LogP contribution is -2.44. The summed E-state index contributed by atoms with van der Waals surface area (Å²) in [4.78, 5) is 14.9. The molecule has 0 N–H and O–H groups in total. The third kappa shape index (κ3) is 2.99. The van der Waals surface area contributed by atoms with Crippen molar-refractivity contribution >= 4 is 21.8 Å². The Morgan fingerprint density at radius 3 is 2.50 bits per heavy atom. The Morgan fingerprint density at radius 2 is 1.88 bits per heavy atom. The summed E-state index contributed by atoms with van der Waals surface area (Å²) in [6.45, 7) is 4.20. The van der Waals surface area contributed by atoms with Gasteiger partial charge in [0.1, 0.15) is 0 Å². The SMILES string of the molecule is CC1CCC(C(=O)N2CCCC(Br)C2)CC1. The van der Waals surface area contributed by atoms with E-state index >= 15 is 0 Å². The maximum Gasteiger partial charge on any atom is 0.225 e. The number of likely N-dealkylation sites (tertiary alicyclic amines) is 1. The summed E-state index contributed by atoms with van der Waals surface area (Å²) in [6, 6.07) is 0. The van der Waals surface area contributed by atoms with Crippen LogP contribution >= 0.6 is 15.9 Å². The molecule has 0 aromatic carbocycles. The van der Waals surface area contributed by atoms with Crippen LogP contribution in [0.5, 0.6) is 0 Å². The van der Waals surface area contributed by atoms with Crippen molar-refractivity contribution in [3.05, 3.63) is 0 Å². The van der Waals surface area contributed by atoms with Crippen molar-refractivity contribution in [1.82, 2.24) is 4.90 Å². The first-order chi connectivity index (χ1) is 7.66. The lowest BCUT2D eigenvalue weighted by atomic mass is 9.82. The van der Waals surface area contributed by atoms with Gasteiger partial charge in [-0.3, -0.25) is 4.79 Å². The number of carbonyl (C=O) groups is 1. The molecule has 1 aliphatic carbocycles. The Bertz CT molecular complexity index is 248. The van der Waals surface area contributed by atoms with Gasteiger partial charge in [0.15, 0.2) is 0 Å². The predicted molar refractivity (Wildman–Crippen MR) is 69.7 cm³/mol. The second-order valence-corrected chi connectivity index (χ2v) is 6.78. The molecule has 0 radical (unpaired) electrons. The largest absolute Gasteiger partial charge is 0.341 e. The number of nitrogens with zero attached hydrogens (tertiary/aromatic N) is 1. The molecule has 1 aliphatic heterocycles. The second kappa shape index (κ2) is 5.52. The van der Waals surface area contributed by atoms with Gasteiger partial charge in [-0.2, -0.15) is 0 Å². The van der Waals surface area contributed by atoms with Crippen LogP contribution in [0.4, 0.5) is 0 Å². The number of piperidine rings is 1. The minimum absolute atomic E-state index is 0.328. The second-order valence-electron chi connectivity index (χ2n) is 5.48. The molecule has 92 valence electrons. The van der Waals surface area contributed by atoms with Gasteiger partial charge in [0.05, 0.1) is 0 Å². The Labute approximate surface area is 107 Å². The van der Waals surface area contributed by atoms with Crippen LogP contribution in [0.15, 0.2) is 0 Å². The summed E-state index contributed by atoms with van der Waals surface area (Å²) in [5.74, 6) is 1.58. The molecule has 1 saturated heterocycles. The molecule has 1 saturated carbocycles. The van der Waals surface area contributed by atoms with E-state index < -0.39 is 0 Å². The molecule has 1 heterocycles. The van der Waals surface area contributed by atoms with E-state index in [1.165, 1.54) is 19.3 Å². The highest BCUT2D eigenvalue weighted by atomic mass is 79.9. The molecule has 2 fully saturated rings. The highest BCUT2D eigenvalue weighted by Gasteiger charge is 2.30. The third-order valence-electron chi connectivity index (χ3n) is 4.04. The van der Waals surface area contributed by atoms with E-state index in [4.69, 9.17) is 0 Å². The van der Waals surface area contributed by atoms with E-state index in [9.17, 15) is 4.79 Å². The summed E-state index contributed by atoms with van der Waals surface area (Å²) < 4.78 is 0. The Balaban J connectivity index is 1.86. The number of rotatable bonds is 1. The van der Waals surface area contributed by atoms with Gasteiger partial charge in [-0.25, -0.2) is 0 Å². The quantitative estimate of drug-likeness (QED) is 0.679. The van der Waals surface area contributed by atoms with Crippen LogP contribution in [0.2, 0.25) is 0 Å². The zero-order valence-corrected chi connectivity index (χ0v) is 11.7. The lowest BCUT2D eigenvalue weighted by molar-refractivity contribution is -0.137. The van der Waals surface area contributed by atoms with Crippen molar-refractivity contribution in [2.24, 2.45) is 11.8 Å². The molecule has 2 aliphatic rings. The van der Waals surface area contributed by atoms with Crippen molar-refractivity contribution in [3.63, 3.8) is 0 Å². The van der Waals surface area contributed by atoms with Crippen molar-refractivity contribution in [1.29, 1.82) is 0 Å². The Kier molecular flexibility index (Phi) is 4.28. The molecule has 1 atom stereocenters. The van der Waals surface area contributed by atoms with Crippen LogP contribution in [0.25, 0.3) is 0 Å². The molecular weight excluding hydrogens is 266 g/mol. The zero-order valence-electron chi connectivity index (χ0n) is 10.1. The number of halogens is 1. The average Bonchev–Trinajstić information content (AvgIpc) is 2.29. The topological polar surface area (TPSA) is 20.3 Å². The smallest absolute Gasteiger partial charge is 0.225 e. The fourth-order valence-electron chi connectivity index (χ4n) is 2.89. The van der Waals surface area contributed by atoms with Crippen molar-refractivity contribution in [3.8, 4) is 0 Å². The van der Waals surface area contributed by atoms with E-state index in [-0.39, 0.29) is 0 Å². The normalized spacial score (nSPS) is 36.1. The Hall–Kier alpha value is -0.0500. The van der Waals surface area contributed by atoms with Crippen LogP contribution in [0.1, 0.15) is 45.4 Å². The maximum atomic E-state index is 12.3. The van der Waals surface area contributed by atoms with Crippen LogP contribution in [-0.4, -0.2) is 28.7 Å². The molecule has 2 rings (SSSR count). The summed E-state index contributed by atoms with van der Waals surface area (Å²) in [5, 5.41) is 0. The fraction of sp³-hybridized carbons (Fsp3) is 0.923. The summed E-state index contributed by atoms with van der Waals surface area (Å²) in [5.41, 5.74) is 0. The molecule has 0 bridgehead atoms. The maximum absolute atomic E-state index is 12.3. The van der Waals surface area contributed by atoms with Gasteiger partial charge in [0.25, 0.3) is 0 Å². The van der Waals surface area contributed by atoms with Gasteiger partial charge in [0, 0.05) is 23.8 Å². The number of hydrogen-bond donors (Lipinski definition) is 0. The van der Waals surface area contributed by atoms with E-state index in [1.54, 1.807) is 0 Å². The van der Waals surface area contributed by atoms with Gasteiger partial charge in [-0.15, -0.1) is 0 Å². The fourth-order valence-corrected chi connectivity index (χ4v) is 3.56. The summed E-state index contributed by atoms with van der Waals surface area (Å²) in [6.07, 6.45) is 7.08. The minimum Gasteiger partial charge on any atom is -0.341 e. The number of alkyl halides is 1. The first-order valence-electron chi connectivity index (χ1n) is 6.59. The monoisotopic (exact) mass is 287 g/mol. The van der Waals surface area contributed by atoms with Gasteiger partial charge in [0.2, 0.25) is 5.91 Å². The first kappa shape index (κ1) is 12.4. The lowest BCUT2D eigenvalue weighted by Gasteiger charge is -2.35. The standard InChI is InChI=1S/C13H22BrNO/c1-10-4-6-11(7-5-10)13(16)15-8-2-3-12(14)9-15/h10-12H,2-9H2,1H3. The first-order valence-corrected chi connectivity index (χ1v) is 7.51. The van der Waals surface area contributed by atoms with Gasteiger partial charge in [-0.1, -0.05) is 22.9 Å². The summed E-state index contributed by atoms with van der Waals surface area (Å²) in [7, 11) is 0. The van der Waals surface area contributed by atoms with Crippen LogP contribution < -0.4 is 0 Å². The van der Waals surface area contributed by atoms with E-state index in [0.29, 0.717) is 16.7 Å². The average molecular weight is 288 g/mol. The summed E-state index contributed by atoms with van der Waals surface area (Å²) >= 11 is 3.64. The van der Waals surface area contributed by atoms with E-state index in [1.807, 2.05) is 0 Å². The molecule has 2 nitrogen and oxygen atoms in total. The van der Waals surface area contributed by atoms with Crippen LogP contribution in [0.3, 0.4) is 0 Å². The third-order valence-corrected chi connectivity index (χ3v) is 4.79. The van der Waals surface area contributed by atoms with Crippen molar-refractivity contribution in [2.45, 2.75) is 50.3 Å². The molecule has 0 aromatic heterocycles. The predicted octanol–water partition coefficient (Wildman–Crippen LogP) is 3.20. The van der Waals surface area contributed by atoms with Gasteiger partial charge < -0.3 is 4.90 Å².